The van der Waals surface area contributed by atoms with Gasteiger partial charge in [-0.05, 0) is 105 Å². The van der Waals surface area contributed by atoms with Crippen LogP contribution < -0.4 is 4.90 Å². The number of benzene rings is 9. The minimum Gasteiger partial charge on any atom is -0.456 e. The summed E-state index contributed by atoms with van der Waals surface area (Å²) in [5.74, 6) is 0. The van der Waals surface area contributed by atoms with E-state index in [9.17, 15) is 0 Å². The van der Waals surface area contributed by atoms with Crippen molar-refractivity contribution in [2.24, 2.45) is 0 Å². The van der Waals surface area contributed by atoms with Crippen LogP contribution in [0.25, 0.3) is 75.5 Å². The predicted octanol–water partition coefficient (Wildman–Crippen LogP) is 15.4. The fourth-order valence-electron chi connectivity index (χ4n) is 10.4. The van der Waals surface area contributed by atoms with Gasteiger partial charge in [0.25, 0.3) is 0 Å². The second-order valence-electron chi connectivity index (χ2n) is 15.5. The van der Waals surface area contributed by atoms with Crippen LogP contribution in [-0.2, 0) is 5.41 Å². The Morgan fingerprint density at radius 2 is 0.897 bits per heavy atom. The average molecular weight is 756 g/mol. The lowest BCUT2D eigenvalue weighted by Crippen LogP contribution is -2.25. The Morgan fingerprint density at radius 1 is 0.362 bits per heavy atom. The first-order chi connectivity index (χ1) is 28.8. The SMILES string of the molecule is c1ccc(N(c2ccc3c(c2)-c2ccccc2C32c3ccccc3-c3ccccc32)c2ccc3oc4ccccc4c3c2)c(-c2cccc3sc4ccccc4c23)c1. The van der Waals surface area contributed by atoms with Crippen LogP contribution in [-0.4, -0.2) is 0 Å². The molecular weight excluding hydrogens is 723 g/mol. The highest BCUT2D eigenvalue weighted by Gasteiger charge is 2.51. The molecule has 0 unspecified atom stereocenters. The van der Waals surface area contributed by atoms with Crippen molar-refractivity contribution in [1.29, 1.82) is 0 Å². The van der Waals surface area contributed by atoms with E-state index in [1.165, 1.54) is 75.8 Å². The molecule has 0 radical (unpaired) electrons. The van der Waals surface area contributed by atoms with Gasteiger partial charge in [-0.1, -0.05) is 146 Å². The van der Waals surface area contributed by atoms with Gasteiger partial charge in [0.2, 0.25) is 0 Å². The number of hydrogen-bond donors (Lipinski definition) is 0. The molecule has 0 aliphatic heterocycles. The van der Waals surface area contributed by atoms with Gasteiger partial charge in [-0.25, -0.2) is 0 Å². The molecule has 11 aromatic rings. The zero-order chi connectivity index (χ0) is 38.0. The predicted molar refractivity (Wildman–Crippen MR) is 243 cm³/mol. The van der Waals surface area contributed by atoms with Gasteiger partial charge in [0, 0.05) is 47.9 Å². The van der Waals surface area contributed by atoms with Crippen LogP contribution in [0.5, 0.6) is 0 Å². The monoisotopic (exact) mass is 755 g/mol. The molecule has 0 saturated carbocycles. The number of hydrogen-bond acceptors (Lipinski definition) is 3. The van der Waals surface area contributed by atoms with Crippen LogP contribution >= 0.6 is 11.3 Å². The Balaban J connectivity index is 1.09. The van der Waals surface area contributed by atoms with Gasteiger partial charge in [0.1, 0.15) is 11.2 Å². The molecule has 2 aliphatic carbocycles. The number of thiophene rings is 1. The third kappa shape index (κ3) is 4.21. The van der Waals surface area contributed by atoms with Crippen molar-refractivity contribution < 1.29 is 4.42 Å². The summed E-state index contributed by atoms with van der Waals surface area (Å²) in [5, 5.41) is 4.81. The molecule has 0 bridgehead atoms. The number of fused-ring (bicyclic) bond motifs is 16. The topological polar surface area (TPSA) is 16.4 Å². The Bertz CT molecular complexity index is 3450. The summed E-state index contributed by atoms with van der Waals surface area (Å²) in [7, 11) is 0. The van der Waals surface area contributed by atoms with E-state index in [2.05, 4.69) is 199 Å². The molecule has 2 aliphatic rings. The second-order valence-corrected chi connectivity index (χ2v) is 16.6. The van der Waals surface area contributed by atoms with Crippen molar-refractivity contribution >= 4 is 70.5 Å². The van der Waals surface area contributed by atoms with Gasteiger partial charge in [0.05, 0.1) is 11.1 Å². The fraction of sp³-hybridized carbons (Fsp3) is 0.0182. The Hall–Kier alpha value is -7.20. The van der Waals surface area contributed by atoms with Crippen molar-refractivity contribution in [2.75, 3.05) is 4.90 Å². The summed E-state index contributed by atoms with van der Waals surface area (Å²) in [6.07, 6.45) is 0. The van der Waals surface area contributed by atoms with E-state index in [4.69, 9.17) is 4.42 Å². The van der Waals surface area contributed by atoms with E-state index in [1.807, 2.05) is 17.4 Å². The highest BCUT2D eigenvalue weighted by Crippen LogP contribution is 2.63. The van der Waals surface area contributed by atoms with Gasteiger partial charge >= 0.3 is 0 Å². The quantitative estimate of drug-likeness (QED) is 0.178. The van der Waals surface area contributed by atoms with E-state index < -0.39 is 5.41 Å². The fourth-order valence-corrected chi connectivity index (χ4v) is 11.5. The summed E-state index contributed by atoms with van der Waals surface area (Å²) in [4.78, 5) is 2.47. The molecule has 58 heavy (non-hydrogen) atoms. The lowest BCUT2D eigenvalue weighted by atomic mass is 9.70. The van der Waals surface area contributed by atoms with Crippen molar-refractivity contribution in [3.05, 3.63) is 222 Å². The third-order valence-electron chi connectivity index (χ3n) is 12.7. The van der Waals surface area contributed by atoms with E-state index in [0.29, 0.717) is 0 Å². The van der Waals surface area contributed by atoms with E-state index >= 15 is 0 Å². The summed E-state index contributed by atoms with van der Waals surface area (Å²) in [6, 6.07) is 73.8. The molecule has 3 heteroatoms. The number of rotatable bonds is 4. The molecule has 0 N–H and O–H groups in total. The van der Waals surface area contributed by atoms with Gasteiger partial charge in [-0.15, -0.1) is 11.3 Å². The normalized spacial score (nSPS) is 13.3. The highest BCUT2D eigenvalue weighted by atomic mass is 32.1. The number of furan rings is 1. The first-order valence-electron chi connectivity index (χ1n) is 19.9. The van der Waals surface area contributed by atoms with Gasteiger partial charge < -0.3 is 9.32 Å². The number of para-hydroxylation sites is 2. The highest BCUT2D eigenvalue weighted by molar-refractivity contribution is 7.25. The lowest BCUT2D eigenvalue weighted by Gasteiger charge is -2.31. The standard InChI is InChI=1S/C55H33NOS/c1-7-21-45-36(14-1)37-15-2-8-22-46(37)55(45)47-23-9-3-16-38(47)43-32-34(28-30-48(43)55)56(35-29-31-51-44(33-35)40-18-5-11-25-50(40)57-51)49-24-10-4-17-39(49)41-20-13-27-53-54(41)42-19-6-12-26-52(42)58-53/h1-33H. The van der Waals surface area contributed by atoms with Crippen molar-refractivity contribution in [3.8, 4) is 33.4 Å². The summed E-state index contributed by atoms with van der Waals surface area (Å²) in [5.41, 5.74) is 17.7. The molecule has 0 amide bonds. The molecule has 0 atom stereocenters. The van der Waals surface area contributed by atoms with E-state index in [1.54, 1.807) is 0 Å². The Morgan fingerprint density at radius 3 is 1.67 bits per heavy atom. The summed E-state index contributed by atoms with van der Waals surface area (Å²) in [6.45, 7) is 0. The van der Waals surface area contributed by atoms with Crippen LogP contribution in [0.15, 0.2) is 205 Å². The van der Waals surface area contributed by atoms with Crippen molar-refractivity contribution in [1.82, 2.24) is 0 Å². The van der Waals surface area contributed by atoms with Crippen LogP contribution in [0.1, 0.15) is 22.3 Å². The van der Waals surface area contributed by atoms with E-state index in [-0.39, 0.29) is 0 Å². The summed E-state index contributed by atoms with van der Waals surface area (Å²) < 4.78 is 8.96. The van der Waals surface area contributed by atoms with E-state index in [0.717, 1.165) is 39.0 Å². The first kappa shape index (κ1) is 31.9. The molecule has 2 heterocycles. The molecule has 270 valence electrons. The molecule has 2 nitrogen and oxygen atoms in total. The molecule has 0 fully saturated rings. The van der Waals surface area contributed by atoms with Gasteiger partial charge in [-0.3, -0.25) is 0 Å². The maximum atomic E-state index is 6.36. The molecule has 0 saturated heterocycles. The number of nitrogens with zero attached hydrogens (tertiary/aromatic N) is 1. The van der Waals surface area contributed by atoms with Gasteiger partial charge in [-0.2, -0.15) is 0 Å². The third-order valence-corrected chi connectivity index (χ3v) is 13.8. The Kier molecular flexibility index (Phi) is 6.56. The molecule has 2 aromatic heterocycles. The number of anilines is 3. The van der Waals surface area contributed by atoms with Crippen LogP contribution in [0.4, 0.5) is 17.1 Å². The zero-order valence-electron chi connectivity index (χ0n) is 31.3. The molecule has 9 aromatic carbocycles. The maximum Gasteiger partial charge on any atom is 0.135 e. The van der Waals surface area contributed by atoms with Crippen molar-refractivity contribution in [2.45, 2.75) is 5.41 Å². The zero-order valence-corrected chi connectivity index (χ0v) is 32.1. The molecule has 1 spiro atoms. The second kappa shape index (κ2) is 11.9. The average Bonchev–Trinajstić information content (AvgIpc) is 4.02. The van der Waals surface area contributed by atoms with Crippen LogP contribution in [0.3, 0.4) is 0 Å². The largest absolute Gasteiger partial charge is 0.456 e. The molecule has 13 rings (SSSR count). The minimum absolute atomic E-state index is 0.398. The molecular formula is C55H33NOS. The van der Waals surface area contributed by atoms with Crippen LogP contribution in [0, 0.1) is 0 Å². The minimum atomic E-state index is -0.398. The maximum absolute atomic E-state index is 6.36. The smallest absolute Gasteiger partial charge is 0.135 e. The van der Waals surface area contributed by atoms with Crippen LogP contribution in [0.2, 0.25) is 0 Å². The van der Waals surface area contributed by atoms with Gasteiger partial charge in [0.15, 0.2) is 0 Å². The summed E-state index contributed by atoms with van der Waals surface area (Å²) >= 11 is 1.86. The lowest BCUT2D eigenvalue weighted by molar-refractivity contribution is 0.669. The Labute approximate surface area is 339 Å². The van der Waals surface area contributed by atoms with Crippen molar-refractivity contribution in [3.63, 3.8) is 0 Å². The first-order valence-corrected chi connectivity index (χ1v) is 20.7.